The maximum absolute atomic E-state index is 12.0. The number of nitrogens with zero attached hydrogens (tertiary/aromatic N) is 1. The molecular formula is C9H8F3NO3S. The molecule has 4 nitrogen and oxygen atoms in total. The summed E-state index contributed by atoms with van der Waals surface area (Å²) in [5.41, 5.74) is -5.16. The predicted molar refractivity (Wildman–Crippen MR) is 52.8 cm³/mol. The summed E-state index contributed by atoms with van der Waals surface area (Å²) < 4.78 is 57.3. The van der Waals surface area contributed by atoms with Gasteiger partial charge in [0, 0.05) is 18.3 Å². The second kappa shape index (κ2) is 4.82. The number of carbonyl (C=O) groups is 1. The van der Waals surface area contributed by atoms with Crippen LogP contribution in [0, 0.1) is 0 Å². The van der Waals surface area contributed by atoms with Gasteiger partial charge in [0.05, 0.1) is 0 Å². The van der Waals surface area contributed by atoms with E-state index in [9.17, 15) is 26.4 Å². The monoisotopic (exact) mass is 267 g/mol. The lowest BCUT2D eigenvalue weighted by molar-refractivity contribution is -0.116. The van der Waals surface area contributed by atoms with Crippen LogP contribution in [0.3, 0.4) is 0 Å². The van der Waals surface area contributed by atoms with Crippen molar-refractivity contribution < 1.29 is 26.4 Å². The Kier molecular flexibility index (Phi) is 3.87. The SMILES string of the molecule is O=C(Cc1ccccn1)CS(=O)(=O)C(F)(F)F. The molecule has 0 fully saturated rings. The van der Waals surface area contributed by atoms with Gasteiger partial charge in [-0.1, -0.05) is 6.07 Å². The Hall–Kier alpha value is -1.44. The first-order valence-corrected chi connectivity index (χ1v) is 6.08. The van der Waals surface area contributed by atoms with Gasteiger partial charge in [0.2, 0.25) is 0 Å². The fourth-order valence-electron chi connectivity index (χ4n) is 1.05. The summed E-state index contributed by atoms with van der Waals surface area (Å²) in [5, 5.41) is 0. The lowest BCUT2D eigenvalue weighted by Crippen LogP contribution is -2.30. The number of sulfone groups is 1. The number of hydrogen-bond acceptors (Lipinski definition) is 4. The Morgan fingerprint density at radius 2 is 1.94 bits per heavy atom. The van der Waals surface area contributed by atoms with Crippen LogP contribution in [0.2, 0.25) is 0 Å². The Labute approximate surface area is 95.4 Å². The van der Waals surface area contributed by atoms with E-state index in [1.54, 1.807) is 12.1 Å². The van der Waals surface area contributed by atoms with E-state index >= 15 is 0 Å². The molecule has 0 aliphatic heterocycles. The standard InChI is InChI=1S/C9H8F3NO3S/c10-9(11,12)17(15,16)6-8(14)5-7-3-1-2-4-13-7/h1-4H,5-6H2. The Morgan fingerprint density at radius 1 is 1.29 bits per heavy atom. The molecule has 0 saturated heterocycles. The molecule has 1 rings (SSSR count). The van der Waals surface area contributed by atoms with E-state index in [-0.39, 0.29) is 5.69 Å². The minimum Gasteiger partial charge on any atom is -0.298 e. The smallest absolute Gasteiger partial charge is 0.298 e. The Balaban J connectivity index is 2.69. The fraction of sp³-hybridized carbons (Fsp3) is 0.333. The van der Waals surface area contributed by atoms with Gasteiger partial charge in [0.15, 0.2) is 5.78 Å². The molecular weight excluding hydrogens is 259 g/mol. The second-order valence-electron chi connectivity index (χ2n) is 3.24. The summed E-state index contributed by atoms with van der Waals surface area (Å²) in [7, 11) is -5.39. The minimum absolute atomic E-state index is 0.231. The summed E-state index contributed by atoms with van der Waals surface area (Å²) >= 11 is 0. The molecule has 0 unspecified atom stereocenters. The lowest BCUT2D eigenvalue weighted by Gasteiger charge is -2.06. The molecule has 0 aliphatic carbocycles. The maximum Gasteiger partial charge on any atom is 0.497 e. The van der Waals surface area contributed by atoms with Crippen molar-refractivity contribution in [1.82, 2.24) is 4.98 Å². The zero-order valence-corrected chi connectivity index (χ0v) is 9.25. The molecule has 0 saturated carbocycles. The van der Waals surface area contributed by atoms with Crippen LogP contribution in [0.5, 0.6) is 0 Å². The third-order valence-electron chi connectivity index (χ3n) is 1.81. The van der Waals surface area contributed by atoms with Crippen molar-refractivity contribution in [3.05, 3.63) is 30.1 Å². The molecule has 1 aromatic heterocycles. The molecule has 1 aromatic rings. The average Bonchev–Trinajstić information content (AvgIpc) is 2.16. The summed E-state index contributed by atoms with van der Waals surface area (Å²) in [6.45, 7) is 0. The van der Waals surface area contributed by atoms with E-state index in [2.05, 4.69) is 4.98 Å². The first-order valence-electron chi connectivity index (χ1n) is 4.43. The minimum atomic E-state index is -5.40. The Bertz CT molecular complexity index is 496. The molecule has 0 atom stereocenters. The number of ketones is 1. The van der Waals surface area contributed by atoms with Crippen molar-refractivity contribution in [2.45, 2.75) is 11.9 Å². The van der Waals surface area contributed by atoms with E-state index in [1.807, 2.05) is 0 Å². The highest BCUT2D eigenvalue weighted by Crippen LogP contribution is 2.23. The number of carbonyl (C=O) groups excluding carboxylic acids is 1. The van der Waals surface area contributed by atoms with Crippen molar-refractivity contribution in [3.63, 3.8) is 0 Å². The molecule has 17 heavy (non-hydrogen) atoms. The van der Waals surface area contributed by atoms with Crippen molar-refractivity contribution in [3.8, 4) is 0 Å². The number of Topliss-reactive ketones (excluding diaryl/α,β-unsaturated/α-hetero) is 1. The lowest BCUT2D eigenvalue weighted by atomic mass is 10.2. The van der Waals surface area contributed by atoms with Crippen LogP contribution in [0.4, 0.5) is 13.2 Å². The number of hydrogen-bond donors (Lipinski definition) is 0. The van der Waals surface area contributed by atoms with Crippen LogP contribution >= 0.6 is 0 Å². The van der Waals surface area contributed by atoms with E-state index < -0.39 is 33.3 Å². The number of alkyl halides is 3. The Morgan fingerprint density at radius 3 is 2.41 bits per heavy atom. The molecule has 0 spiro atoms. The van der Waals surface area contributed by atoms with Crippen LogP contribution in [0.15, 0.2) is 24.4 Å². The van der Waals surface area contributed by atoms with Crippen LogP contribution in [-0.2, 0) is 21.1 Å². The van der Waals surface area contributed by atoms with E-state index in [0.29, 0.717) is 0 Å². The van der Waals surface area contributed by atoms with Gasteiger partial charge < -0.3 is 0 Å². The second-order valence-corrected chi connectivity index (χ2v) is 5.22. The van der Waals surface area contributed by atoms with Gasteiger partial charge in [-0.15, -0.1) is 0 Å². The van der Waals surface area contributed by atoms with E-state index in [4.69, 9.17) is 0 Å². The molecule has 94 valence electrons. The van der Waals surface area contributed by atoms with Gasteiger partial charge in [-0.25, -0.2) is 8.42 Å². The topological polar surface area (TPSA) is 64.1 Å². The summed E-state index contributed by atoms with van der Waals surface area (Å²) in [6.07, 6.45) is 0.928. The van der Waals surface area contributed by atoms with Gasteiger partial charge in [-0.3, -0.25) is 9.78 Å². The molecule has 1 heterocycles. The number of rotatable bonds is 4. The zero-order chi connectivity index (χ0) is 13.1. The molecule has 0 aliphatic rings. The van der Waals surface area contributed by atoms with Crippen LogP contribution in [-0.4, -0.2) is 30.4 Å². The fourth-order valence-corrected chi connectivity index (χ4v) is 1.74. The molecule has 0 bridgehead atoms. The largest absolute Gasteiger partial charge is 0.497 e. The van der Waals surface area contributed by atoms with Gasteiger partial charge in [-0.05, 0) is 12.1 Å². The summed E-state index contributed by atoms with van der Waals surface area (Å²) in [6, 6.07) is 4.55. The molecule has 0 aromatic carbocycles. The highest BCUT2D eigenvalue weighted by atomic mass is 32.2. The third-order valence-corrected chi connectivity index (χ3v) is 3.22. The normalized spacial score (nSPS) is 12.4. The number of pyridine rings is 1. The van der Waals surface area contributed by atoms with E-state index in [1.165, 1.54) is 12.3 Å². The van der Waals surface area contributed by atoms with Gasteiger partial charge >= 0.3 is 5.51 Å². The van der Waals surface area contributed by atoms with Gasteiger partial charge in [0.1, 0.15) is 5.75 Å². The van der Waals surface area contributed by atoms with Crippen LogP contribution in [0.1, 0.15) is 5.69 Å². The van der Waals surface area contributed by atoms with Crippen molar-refractivity contribution in [2.24, 2.45) is 0 Å². The highest BCUT2D eigenvalue weighted by molar-refractivity contribution is 7.92. The van der Waals surface area contributed by atoms with E-state index in [0.717, 1.165) is 0 Å². The molecule has 8 heteroatoms. The van der Waals surface area contributed by atoms with Gasteiger partial charge in [-0.2, -0.15) is 13.2 Å². The molecule has 0 radical (unpaired) electrons. The average molecular weight is 267 g/mol. The maximum atomic E-state index is 12.0. The quantitative estimate of drug-likeness (QED) is 0.820. The van der Waals surface area contributed by atoms with Crippen LogP contribution in [0.25, 0.3) is 0 Å². The first kappa shape index (κ1) is 13.6. The van der Waals surface area contributed by atoms with Gasteiger partial charge in [0.25, 0.3) is 9.84 Å². The van der Waals surface area contributed by atoms with Crippen molar-refractivity contribution in [1.29, 1.82) is 0 Å². The van der Waals surface area contributed by atoms with Crippen molar-refractivity contribution >= 4 is 15.6 Å². The zero-order valence-electron chi connectivity index (χ0n) is 8.44. The first-order chi connectivity index (χ1) is 7.72. The third kappa shape index (κ3) is 3.81. The molecule has 0 N–H and O–H groups in total. The van der Waals surface area contributed by atoms with Crippen molar-refractivity contribution in [2.75, 3.05) is 5.75 Å². The summed E-state index contributed by atoms with van der Waals surface area (Å²) in [4.78, 5) is 14.9. The van der Waals surface area contributed by atoms with Crippen LogP contribution < -0.4 is 0 Å². The number of aromatic nitrogens is 1. The molecule has 0 amide bonds. The summed E-state index contributed by atoms with van der Waals surface area (Å²) in [5.74, 6) is -2.59. The highest BCUT2D eigenvalue weighted by Gasteiger charge is 2.46. The number of halogens is 3. The predicted octanol–water partition coefficient (Wildman–Crippen LogP) is 1.13.